The number of aromatic nitrogens is 2. The van der Waals surface area contributed by atoms with Gasteiger partial charge >= 0.3 is 6.03 Å². The van der Waals surface area contributed by atoms with Crippen molar-refractivity contribution in [2.75, 3.05) is 26.2 Å². The second-order valence-electron chi connectivity index (χ2n) is 14.5. The van der Waals surface area contributed by atoms with Gasteiger partial charge in [-0.3, -0.25) is 9.78 Å². The van der Waals surface area contributed by atoms with Crippen molar-refractivity contribution >= 4 is 22.0 Å². The number of nitroso groups, excluding NO2 is 1. The Kier molecular flexibility index (Phi) is 14.2. The molecule has 0 bridgehead atoms. The minimum atomic E-state index is -4.08. The van der Waals surface area contributed by atoms with E-state index in [1.165, 1.54) is 16.4 Å². The highest BCUT2D eigenvalue weighted by molar-refractivity contribution is 7.89. The molecule has 2 aromatic carbocycles. The summed E-state index contributed by atoms with van der Waals surface area (Å²) < 4.78 is 29.2. The van der Waals surface area contributed by atoms with Crippen LogP contribution < -0.4 is 5.32 Å². The van der Waals surface area contributed by atoms with Crippen molar-refractivity contribution < 1.29 is 23.1 Å². The lowest BCUT2D eigenvalue weighted by atomic mass is 9.95. The number of aliphatic hydroxyl groups is 1. The third-order valence-corrected chi connectivity index (χ3v) is 11.7. The summed E-state index contributed by atoms with van der Waals surface area (Å²) >= 11 is 0. The molecule has 5 rings (SSSR count). The molecule has 13 nitrogen and oxygen atoms in total. The van der Waals surface area contributed by atoms with Gasteiger partial charge in [-0.1, -0.05) is 93.9 Å². The van der Waals surface area contributed by atoms with E-state index in [1.54, 1.807) is 28.1 Å². The third-order valence-electron chi connectivity index (χ3n) is 9.86. The van der Waals surface area contributed by atoms with Gasteiger partial charge in [-0.05, 0) is 65.8 Å². The highest BCUT2D eigenvalue weighted by Crippen LogP contribution is 2.25. The Bertz CT molecular complexity index is 1980. The van der Waals surface area contributed by atoms with Crippen molar-refractivity contribution in [3.63, 3.8) is 0 Å². The molecular formula is C41H51N7O6S. The smallest absolute Gasteiger partial charge is 0.321 e. The first-order valence-corrected chi connectivity index (χ1v) is 20.2. The van der Waals surface area contributed by atoms with E-state index >= 15 is 0 Å². The molecule has 292 valence electrons. The maximum absolute atomic E-state index is 14.4. The van der Waals surface area contributed by atoms with Gasteiger partial charge in [0.2, 0.25) is 15.9 Å². The fraction of sp³-hybridized carbons (Fsp3) is 0.415. The number of nitrogens with zero attached hydrogens (tertiary/aromatic N) is 6. The highest BCUT2D eigenvalue weighted by Gasteiger charge is 2.41. The Labute approximate surface area is 323 Å². The average molecular weight is 770 g/mol. The van der Waals surface area contributed by atoms with Crippen LogP contribution in [-0.2, 0) is 34.3 Å². The molecule has 1 fully saturated rings. The van der Waals surface area contributed by atoms with Crippen LogP contribution in [0, 0.1) is 16.7 Å². The van der Waals surface area contributed by atoms with Crippen LogP contribution in [0.15, 0.2) is 107 Å². The molecule has 0 unspecified atom stereocenters. The van der Waals surface area contributed by atoms with Crippen LogP contribution in [-0.4, -0.2) is 93.9 Å². The zero-order valence-corrected chi connectivity index (χ0v) is 32.7. The van der Waals surface area contributed by atoms with E-state index in [9.17, 15) is 28.0 Å². The number of hydrogen-bond donors (Lipinski definition) is 2. The summed E-state index contributed by atoms with van der Waals surface area (Å²) in [5.74, 6) is -0.717. The molecule has 1 saturated heterocycles. The molecule has 3 heterocycles. The maximum Gasteiger partial charge on any atom is 0.321 e. The van der Waals surface area contributed by atoms with E-state index in [0.717, 1.165) is 11.3 Å². The number of aliphatic hydroxyl groups excluding tert-OH is 1. The normalized spacial score (nSPS) is 15.6. The average Bonchev–Trinajstić information content (AvgIpc) is 3.53. The molecule has 4 aromatic rings. The zero-order valence-electron chi connectivity index (χ0n) is 31.9. The number of carbonyl (C=O) groups excluding carboxylic acids is 2. The largest absolute Gasteiger partial charge is 0.390 e. The molecule has 2 aromatic heterocycles. The SMILES string of the molecule is CC[C@H](C)[C@@H](C(=O)N[C@@H](Cc1ccccc1)[C@H](O)CN(CC(C)C)S(=O)(=O)c1ccc(CN=O)cc1)N1CCN(Cc2cccc(-c3ccccn3)n2)C1=O. The number of pyridine rings is 2. The van der Waals surface area contributed by atoms with E-state index in [1.807, 2.05) is 94.4 Å². The van der Waals surface area contributed by atoms with Crippen LogP contribution >= 0.6 is 0 Å². The van der Waals surface area contributed by atoms with Crippen molar-refractivity contribution in [3.05, 3.63) is 119 Å². The molecule has 2 N–H and O–H groups in total. The summed E-state index contributed by atoms with van der Waals surface area (Å²) in [7, 11) is -4.08. The Morgan fingerprint density at radius 1 is 0.909 bits per heavy atom. The van der Waals surface area contributed by atoms with Crippen LogP contribution in [0.5, 0.6) is 0 Å². The molecule has 0 aliphatic carbocycles. The summed E-state index contributed by atoms with van der Waals surface area (Å²) in [6.45, 7) is 8.41. The minimum Gasteiger partial charge on any atom is -0.390 e. The van der Waals surface area contributed by atoms with Gasteiger partial charge in [0.05, 0.1) is 40.7 Å². The lowest BCUT2D eigenvalue weighted by molar-refractivity contribution is -0.128. The number of nitrogens with one attached hydrogen (secondary N) is 1. The lowest BCUT2D eigenvalue weighted by Gasteiger charge is -2.35. The highest BCUT2D eigenvalue weighted by atomic mass is 32.2. The molecule has 4 atom stereocenters. The van der Waals surface area contributed by atoms with Crippen molar-refractivity contribution in [3.8, 4) is 11.4 Å². The summed E-state index contributed by atoms with van der Waals surface area (Å²) in [5, 5.41) is 17.8. The number of amides is 3. The summed E-state index contributed by atoms with van der Waals surface area (Å²) in [6.07, 6.45) is 1.23. The molecule has 55 heavy (non-hydrogen) atoms. The zero-order chi connectivity index (χ0) is 39.5. The molecule has 1 aliphatic rings. The number of urea groups is 1. The minimum absolute atomic E-state index is 0.0197. The quantitative estimate of drug-likeness (QED) is 0.118. The van der Waals surface area contributed by atoms with Gasteiger partial charge in [-0.2, -0.15) is 9.21 Å². The molecule has 14 heteroatoms. The molecule has 3 amide bonds. The van der Waals surface area contributed by atoms with Gasteiger partial charge in [-0.25, -0.2) is 18.2 Å². The first-order chi connectivity index (χ1) is 26.4. The topological polar surface area (TPSA) is 165 Å². The molecule has 0 radical (unpaired) electrons. The second kappa shape index (κ2) is 19.0. The van der Waals surface area contributed by atoms with E-state index < -0.39 is 34.1 Å². The van der Waals surface area contributed by atoms with Gasteiger partial charge in [0.15, 0.2) is 0 Å². The van der Waals surface area contributed by atoms with Crippen LogP contribution in [0.25, 0.3) is 11.4 Å². The molecule has 1 aliphatic heterocycles. The first kappa shape index (κ1) is 41.1. The number of sulfonamides is 1. The Morgan fingerprint density at radius 2 is 1.62 bits per heavy atom. The second-order valence-corrected chi connectivity index (χ2v) is 16.4. The number of benzene rings is 2. The molecular weight excluding hydrogens is 719 g/mol. The van der Waals surface area contributed by atoms with Crippen LogP contribution in [0.2, 0.25) is 0 Å². The van der Waals surface area contributed by atoms with Gasteiger partial charge < -0.3 is 20.2 Å². The lowest BCUT2D eigenvalue weighted by Crippen LogP contribution is -2.57. The summed E-state index contributed by atoms with van der Waals surface area (Å²) in [4.78, 5) is 51.5. The van der Waals surface area contributed by atoms with Crippen LogP contribution in [0.1, 0.15) is 50.9 Å². The van der Waals surface area contributed by atoms with Crippen molar-refractivity contribution in [1.29, 1.82) is 0 Å². The molecule has 0 spiro atoms. The fourth-order valence-corrected chi connectivity index (χ4v) is 8.40. The van der Waals surface area contributed by atoms with E-state index in [-0.39, 0.29) is 55.4 Å². The van der Waals surface area contributed by atoms with Gasteiger partial charge in [0.1, 0.15) is 12.6 Å². The Morgan fingerprint density at radius 3 is 2.27 bits per heavy atom. The molecule has 0 saturated carbocycles. The third kappa shape index (κ3) is 10.6. The fourth-order valence-electron chi connectivity index (χ4n) is 6.78. The van der Waals surface area contributed by atoms with Gasteiger partial charge in [0.25, 0.3) is 0 Å². The predicted octanol–water partition coefficient (Wildman–Crippen LogP) is 5.50. The Hall–Kier alpha value is -5.05. The van der Waals surface area contributed by atoms with Crippen molar-refractivity contribution in [2.24, 2.45) is 17.0 Å². The van der Waals surface area contributed by atoms with Crippen LogP contribution in [0.3, 0.4) is 0 Å². The maximum atomic E-state index is 14.4. The van der Waals surface area contributed by atoms with E-state index in [2.05, 4.69) is 15.5 Å². The Balaban J connectivity index is 1.36. The predicted molar refractivity (Wildman–Crippen MR) is 211 cm³/mol. The number of rotatable bonds is 19. The monoisotopic (exact) mass is 769 g/mol. The van der Waals surface area contributed by atoms with E-state index in [0.29, 0.717) is 36.5 Å². The van der Waals surface area contributed by atoms with E-state index in [4.69, 9.17) is 4.98 Å². The van der Waals surface area contributed by atoms with Gasteiger partial charge in [-0.15, -0.1) is 0 Å². The van der Waals surface area contributed by atoms with Crippen LogP contribution in [0.4, 0.5) is 4.79 Å². The first-order valence-electron chi connectivity index (χ1n) is 18.7. The summed E-state index contributed by atoms with van der Waals surface area (Å²) in [5.41, 5.74) is 3.55. The van der Waals surface area contributed by atoms with Crippen molar-refractivity contribution in [2.45, 2.75) is 76.7 Å². The summed E-state index contributed by atoms with van der Waals surface area (Å²) in [6, 6.07) is 24.5. The number of carbonyl (C=O) groups is 2. The van der Waals surface area contributed by atoms with Crippen molar-refractivity contribution in [1.82, 2.24) is 29.4 Å². The standard InChI is InChI=1S/C41H51N7O6S/c1-5-30(4)39(48-23-22-46(41(48)51)27-33-14-11-16-36(44-33)35-15-9-10-21-42-35)40(50)45-37(24-31-12-7-6-8-13-31)38(49)28-47(26-29(2)3)55(53,54)34-19-17-32(18-20-34)25-43-52/h6-21,29-30,37-39,49H,5,22-28H2,1-4H3,(H,45,50)/t30-,37-,38+,39-/m0/s1. The van der Waals surface area contributed by atoms with Gasteiger partial charge in [0, 0.05) is 32.4 Å². The number of hydrogen-bond acceptors (Lipinski definition) is 9.